The average Bonchev–Trinajstić information content (AvgIpc) is 2.67. The molecule has 11 heavy (non-hydrogen) atoms. The van der Waals surface area contributed by atoms with E-state index in [-0.39, 0.29) is 5.91 Å². The Morgan fingerprint density at radius 3 is 2.64 bits per heavy atom. The third-order valence-electron chi connectivity index (χ3n) is 1.54. The third-order valence-corrected chi connectivity index (χ3v) is 1.75. The Morgan fingerprint density at radius 2 is 2.18 bits per heavy atom. The Bertz CT molecular complexity index is 177. The number of nitrogens with one attached hydrogen (secondary N) is 1. The van der Waals surface area contributed by atoms with E-state index in [9.17, 15) is 4.79 Å². The van der Waals surface area contributed by atoms with Crippen molar-refractivity contribution in [1.29, 1.82) is 0 Å². The van der Waals surface area contributed by atoms with Gasteiger partial charge in [-0.1, -0.05) is 12.2 Å². The lowest BCUT2D eigenvalue weighted by Crippen LogP contribution is -2.26. The molecule has 3 nitrogen and oxygen atoms in total. The van der Waals surface area contributed by atoms with Gasteiger partial charge in [-0.15, -0.1) is 0 Å². The first-order valence-electron chi connectivity index (χ1n) is 3.76. The number of amides is 1. The zero-order valence-corrected chi connectivity index (χ0v) is 7.12. The molecule has 0 bridgehead atoms. The van der Waals surface area contributed by atoms with E-state index in [4.69, 9.17) is 5.73 Å². The second-order valence-electron chi connectivity index (χ2n) is 2.81. The van der Waals surface area contributed by atoms with Crippen LogP contribution in [0.25, 0.3) is 0 Å². The molecule has 1 fully saturated rings. The first kappa shape index (κ1) is 8.46. The SMILES string of the molecule is NC(=S)CCC(=O)NC1CC1. The maximum absolute atomic E-state index is 11.0. The largest absolute Gasteiger partial charge is 0.393 e. The Labute approximate surface area is 71.3 Å². The Hall–Kier alpha value is -0.640. The van der Waals surface area contributed by atoms with E-state index in [0.29, 0.717) is 23.9 Å². The monoisotopic (exact) mass is 172 g/mol. The minimum absolute atomic E-state index is 0.0697. The van der Waals surface area contributed by atoms with Crippen molar-refractivity contribution < 1.29 is 4.79 Å². The van der Waals surface area contributed by atoms with E-state index >= 15 is 0 Å². The van der Waals surface area contributed by atoms with Gasteiger partial charge >= 0.3 is 0 Å². The summed E-state index contributed by atoms with van der Waals surface area (Å²) >= 11 is 4.64. The molecule has 1 aliphatic carbocycles. The maximum Gasteiger partial charge on any atom is 0.220 e. The van der Waals surface area contributed by atoms with E-state index in [2.05, 4.69) is 17.5 Å². The molecular formula is C7H12N2OS. The van der Waals surface area contributed by atoms with E-state index in [0.717, 1.165) is 12.8 Å². The summed E-state index contributed by atoms with van der Waals surface area (Å²) in [6, 6.07) is 0.439. The summed E-state index contributed by atoms with van der Waals surface area (Å²) in [5, 5.41) is 2.86. The van der Waals surface area contributed by atoms with Gasteiger partial charge in [-0.25, -0.2) is 0 Å². The molecule has 1 saturated carbocycles. The van der Waals surface area contributed by atoms with Crippen molar-refractivity contribution in [2.45, 2.75) is 31.7 Å². The third kappa shape index (κ3) is 3.93. The van der Waals surface area contributed by atoms with Gasteiger partial charge in [0.2, 0.25) is 5.91 Å². The second kappa shape index (κ2) is 3.67. The topological polar surface area (TPSA) is 55.1 Å². The summed E-state index contributed by atoms with van der Waals surface area (Å²) in [6.07, 6.45) is 3.21. The molecule has 4 heteroatoms. The number of hydrogen-bond acceptors (Lipinski definition) is 2. The summed E-state index contributed by atoms with van der Waals surface area (Å²) in [5.74, 6) is 0.0697. The van der Waals surface area contributed by atoms with Gasteiger partial charge in [-0.05, 0) is 12.8 Å². The molecule has 0 radical (unpaired) electrons. The first-order valence-corrected chi connectivity index (χ1v) is 4.17. The van der Waals surface area contributed by atoms with Crippen LogP contribution in [-0.4, -0.2) is 16.9 Å². The molecule has 0 unspecified atom stereocenters. The van der Waals surface area contributed by atoms with Crippen molar-refractivity contribution in [2.75, 3.05) is 0 Å². The van der Waals surface area contributed by atoms with Crippen LogP contribution in [0.15, 0.2) is 0 Å². The van der Waals surface area contributed by atoms with Gasteiger partial charge in [0.05, 0.1) is 4.99 Å². The van der Waals surface area contributed by atoms with Gasteiger partial charge in [-0.2, -0.15) is 0 Å². The van der Waals surface area contributed by atoms with Crippen LogP contribution in [0, 0.1) is 0 Å². The van der Waals surface area contributed by atoms with Crippen LogP contribution in [0.4, 0.5) is 0 Å². The quantitative estimate of drug-likeness (QED) is 0.601. The number of carbonyl (C=O) groups excluding carboxylic acids is 1. The van der Waals surface area contributed by atoms with Crippen molar-refractivity contribution in [1.82, 2.24) is 5.32 Å². The summed E-state index contributed by atoms with van der Waals surface area (Å²) < 4.78 is 0. The van der Waals surface area contributed by atoms with E-state index in [1.165, 1.54) is 0 Å². The number of nitrogens with two attached hydrogens (primary N) is 1. The van der Waals surface area contributed by atoms with Gasteiger partial charge in [0.15, 0.2) is 0 Å². The van der Waals surface area contributed by atoms with E-state index in [1.54, 1.807) is 0 Å². The van der Waals surface area contributed by atoms with Gasteiger partial charge in [0.25, 0.3) is 0 Å². The van der Waals surface area contributed by atoms with Crippen LogP contribution in [0.3, 0.4) is 0 Å². The summed E-state index contributed by atoms with van der Waals surface area (Å²) in [6.45, 7) is 0. The maximum atomic E-state index is 11.0. The van der Waals surface area contributed by atoms with Gasteiger partial charge < -0.3 is 11.1 Å². The fourth-order valence-electron chi connectivity index (χ4n) is 0.764. The molecule has 0 heterocycles. The molecule has 1 aliphatic rings. The standard InChI is InChI=1S/C7H12N2OS/c8-6(11)3-4-7(10)9-5-1-2-5/h5H,1-4H2,(H2,8,11)(H,9,10). The lowest BCUT2D eigenvalue weighted by Gasteiger charge is -2.00. The highest BCUT2D eigenvalue weighted by atomic mass is 32.1. The van der Waals surface area contributed by atoms with Crippen LogP contribution >= 0.6 is 12.2 Å². The van der Waals surface area contributed by atoms with Gasteiger partial charge in [0, 0.05) is 18.9 Å². The minimum atomic E-state index is 0.0697. The molecule has 0 saturated heterocycles. The second-order valence-corrected chi connectivity index (χ2v) is 3.33. The minimum Gasteiger partial charge on any atom is -0.393 e. The molecule has 0 aliphatic heterocycles. The fourth-order valence-corrected chi connectivity index (χ4v) is 0.866. The highest BCUT2D eigenvalue weighted by molar-refractivity contribution is 7.80. The Morgan fingerprint density at radius 1 is 1.55 bits per heavy atom. The molecule has 1 rings (SSSR count). The number of rotatable bonds is 4. The summed E-state index contributed by atoms with van der Waals surface area (Å²) in [7, 11) is 0. The van der Waals surface area contributed by atoms with Crippen LogP contribution in [0.2, 0.25) is 0 Å². The normalized spacial score (nSPS) is 16.0. The lowest BCUT2D eigenvalue weighted by atomic mass is 10.3. The molecule has 3 N–H and O–H groups in total. The number of hydrogen-bond donors (Lipinski definition) is 2. The van der Waals surface area contributed by atoms with E-state index in [1.807, 2.05) is 0 Å². The predicted octanol–water partition coefficient (Wildman–Crippen LogP) is 0.331. The Kier molecular flexibility index (Phi) is 2.82. The van der Waals surface area contributed by atoms with Crippen LogP contribution < -0.4 is 11.1 Å². The molecule has 62 valence electrons. The number of thiocarbonyl (C=S) groups is 1. The summed E-state index contributed by atoms with van der Waals surface area (Å²) in [5.41, 5.74) is 5.24. The van der Waals surface area contributed by atoms with Gasteiger partial charge in [-0.3, -0.25) is 4.79 Å². The molecule has 1 amide bonds. The zero-order chi connectivity index (χ0) is 8.27. The highest BCUT2D eigenvalue weighted by Crippen LogP contribution is 2.18. The average molecular weight is 172 g/mol. The van der Waals surface area contributed by atoms with Crippen LogP contribution in [-0.2, 0) is 4.79 Å². The highest BCUT2D eigenvalue weighted by Gasteiger charge is 2.22. The summed E-state index contributed by atoms with van der Waals surface area (Å²) in [4.78, 5) is 11.4. The predicted molar refractivity (Wildman–Crippen MR) is 47.2 cm³/mol. The van der Waals surface area contributed by atoms with Gasteiger partial charge in [0.1, 0.15) is 0 Å². The van der Waals surface area contributed by atoms with Crippen molar-refractivity contribution in [2.24, 2.45) is 5.73 Å². The van der Waals surface area contributed by atoms with Crippen LogP contribution in [0.1, 0.15) is 25.7 Å². The number of carbonyl (C=O) groups is 1. The Balaban J connectivity index is 2.04. The van der Waals surface area contributed by atoms with E-state index < -0.39 is 0 Å². The molecule has 0 aromatic heterocycles. The van der Waals surface area contributed by atoms with Crippen molar-refractivity contribution >= 4 is 23.1 Å². The molecular weight excluding hydrogens is 160 g/mol. The zero-order valence-electron chi connectivity index (χ0n) is 6.30. The smallest absolute Gasteiger partial charge is 0.220 e. The van der Waals surface area contributed by atoms with Crippen molar-refractivity contribution in [3.05, 3.63) is 0 Å². The van der Waals surface area contributed by atoms with Crippen LogP contribution in [0.5, 0.6) is 0 Å². The lowest BCUT2D eigenvalue weighted by molar-refractivity contribution is -0.121. The van der Waals surface area contributed by atoms with Crippen molar-refractivity contribution in [3.63, 3.8) is 0 Å². The molecule has 0 aromatic rings. The molecule has 0 spiro atoms. The first-order chi connectivity index (χ1) is 5.18. The van der Waals surface area contributed by atoms with Crippen molar-refractivity contribution in [3.8, 4) is 0 Å². The molecule has 0 atom stereocenters. The fraction of sp³-hybridized carbons (Fsp3) is 0.714. The molecule has 0 aromatic carbocycles.